The molecule has 1 fully saturated rings. The lowest BCUT2D eigenvalue weighted by molar-refractivity contribution is 0.0845. The minimum absolute atomic E-state index is 0.622. The van der Waals surface area contributed by atoms with Crippen LogP contribution in [-0.2, 0) is 4.74 Å². The summed E-state index contributed by atoms with van der Waals surface area (Å²) < 4.78 is 5.21. The van der Waals surface area contributed by atoms with Crippen molar-refractivity contribution in [3.8, 4) is 0 Å². The van der Waals surface area contributed by atoms with Gasteiger partial charge in [-0.3, -0.25) is 0 Å². The van der Waals surface area contributed by atoms with Crippen LogP contribution in [0.3, 0.4) is 0 Å². The van der Waals surface area contributed by atoms with Crippen molar-refractivity contribution in [2.45, 2.75) is 19.8 Å². The fourth-order valence-electron chi connectivity index (χ4n) is 2.20. The number of ether oxygens (including phenoxy) is 1. The molecule has 1 saturated heterocycles. The number of piperidine rings is 1. The third-order valence-corrected chi connectivity index (χ3v) is 2.98. The topological polar surface area (TPSA) is 38.5 Å². The Balaban J connectivity index is 2.25. The van der Waals surface area contributed by atoms with E-state index in [9.17, 15) is 0 Å². The summed E-state index contributed by atoms with van der Waals surface area (Å²) in [6, 6.07) is 0. The smallest absolute Gasteiger partial charge is 0.0502 e. The minimum Gasteiger partial charge on any atom is -0.384 e. The number of rotatable bonds is 5. The Hall–Kier alpha value is -0.120. The summed E-state index contributed by atoms with van der Waals surface area (Å²) >= 11 is 0. The number of nitrogens with zero attached hydrogens (tertiary/aromatic N) is 1. The van der Waals surface area contributed by atoms with Gasteiger partial charge in [0.25, 0.3) is 0 Å². The van der Waals surface area contributed by atoms with Crippen LogP contribution < -0.4 is 5.73 Å². The van der Waals surface area contributed by atoms with E-state index in [4.69, 9.17) is 10.5 Å². The highest BCUT2D eigenvalue weighted by atomic mass is 16.5. The monoisotopic (exact) mass is 200 g/mol. The number of nitrogens with two attached hydrogens (primary N) is 1. The maximum absolute atomic E-state index is 5.63. The van der Waals surface area contributed by atoms with Crippen molar-refractivity contribution in [2.24, 2.45) is 17.6 Å². The van der Waals surface area contributed by atoms with Gasteiger partial charge in [0.05, 0.1) is 6.61 Å². The van der Waals surface area contributed by atoms with Gasteiger partial charge in [-0.15, -0.1) is 0 Å². The van der Waals surface area contributed by atoms with Crippen molar-refractivity contribution in [1.82, 2.24) is 4.90 Å². The van der Waals surface area contributed by atoms with Crippen LogP contribution in [0.1, 0.15) is 19.8 Å². The van der Waals surface area contributed by atoms with Gasteiger partial charge in [-0.25, -0.2) is 0 Å². The van der Waals surface area contributed by atoms with Gasteiger partial charge in [-0.1, -0.05) is 6.92 Å². The van der Waals surface area contributed by atoms with Gasteiger partial charge in [-0.2, -0.15) is 0 Å². The van der Waals surface area contributed by atoms with E-state index < -0.39 is 0 Å². The van der Waals surface area contributed by atoms with Crippen LogP contribution in [0, 0.1) is 11.8 Å². The Morgan fingerprint density at radius 1 is 1.57 bits per heavy atom. The summed E-state index contributed by atoms with van der Waals surface area (Å²) in [5.74, 6) is 1.36. The fourth-order valence-corrected chi connectivity index (χ4v) is 2.20. The van der Waals surface area contributed by atoms with E-state index in [1.165, 1.54) is 25.9 Å². The zero-order chi connectivity index (χ0) is 10.4. The average Bonchev–Trinajstić information content (AvgIpc) is 2.19. The fraction of sp³-hybridized carbons (Fsp3) is 1.00. The highest BCUT2D eigenvalue weighted by Gasteiger charge is 2.20. The van der Waals surface area contributed by atoms with Crippen molar-refractivity contribution in [3.05, 3.63) is 0 Å². The molecule has 3 heteroatoms. The maximum Gasteiger partial charge on any atom is 0.0502 e. The third kappa shape index (κ3) is 3.95. The molecule has 1 aliphatic rings. The number of hydrogen-bond acceptors (Lipinski definition) is 3. The second-order valence-corrected chi connectivity index (χ2v) is 4.56. The molecule has 1 rings (SSSR count). The molecule has 0 bridgehead atoms. The van der Waals surface area contributed by atoms with E-state index in [1.54, 1.807) is 7.11 Å². The standard InChI is InChI=1S/C11H24N2O/c1-10(6-12)7-13-5-3-4-11(8-13)9-14-2/h10-11H,3-9,12H2,1-2H3. The van der Waals surface area contributed by atoms with Gasteiger partial charge in [-0.05, 0) is 37.8 Å². The van der Waals surface area contributed by atoms with Gasteiger partial charge in [0.1, 0.15) is 0 Å². The molecule has 0 aromatic heterocycles. The van der Waals surface area contributed by atoms with Crippen molar-refractivity contribution in [1.29, 1.82) is 0 Å². The van der Waals surface area contributed by atoms with Gasteiger partial charge < -0.3 is 15.4 Å². The summed E-state index contributed by atoms with van der Waals surface area (Å²) in [7, 11) is 1.79. The average molecular weight is 200 g/mol. The molecule has 0 aromatic carbocycles. The molecule has 0 aromatic rings. The molecule has 14 heavy (non-hydrogen) atoms. The number of methoxy groups -OCH3 is 1. The SMILES string of the molecule is COCC1CCCN(CC(C)CN)C1. The molecular weight excluding hydrogens is 176 g/mol. The predicted octanol–water partition coefficient (Wildman–Crippen LogP) is 0.940. The molecule has 3 nitrogen and oxygen atoms in total. The molecule has 1 heterocycles. The molecule has 0 radical (unpaired) electrons. The van der Waals surface area contributed by atoms with E-state index in [2.05, 4.69) is 11.8 Å². The first-order valence-electron chi connectivity index (χ1n) is 5.67. The molecule has 2 atom stereocenters. The lowest BCUT2D eigenvalue weighted by atomic mass is 9.98. The Bertz CT molecular complexity index is 150. The lowest BCUT2D eigenvalue weighted by Gasteiger charge is -2.33. The van der Waals surface area contributed by atoms with Gasteiger partial charge >= 0.3 is 0 Å². The van der Waals surface area contributed by atoms with Crippen LogP contribution in [-0.4, -0.2) is 44.8 Å². The summed E-state index contributed by atoms with van der Waals surface area (Å²) in [4.78, 5) is 2.53. The molecule has 2 unspecified atom stereocenters. The summed E-state index contributed by atoms with van der Waals surface area (Å²) in [5.41, 5.74) is 5.63. The van der Waals surface area contributed by atoms with E-state index in [0.717, 1.165) is 25.6 Å². The van der Waals surface area contributed by atoms with E-state index in [1.807, 2.05) is 0 Å². The molecule has 2 N–H and O–H groups in total. The van der Waals surface area contributed by atoms with Crippen LogP contribution in [0.15, 0.2) is 0 Å². The van der Waals surface area contributed by atoms with Gasteiger partial charge in [0.15, 0.2) is 0 Å². The summed E-state index contributed by atoms with van der Waals surface area (Å²) in [6.07, 6.45) is 2.63. The minimum atomic E-state index is 0.622. The Morgan fingerprint density at radius 2 is 2.36 bits per heavy atom. The highest BCUT2D eigenvalue weighted by molar-refractivity contribution is 4.74. The van der Waals surface area contributed by atoms with Crippen molar-refractivity contribution in [2.75, 3.05) is 39.9 Å². The Kier molecular flexibility index (Phi) is 5.45. The third-order valence-electron chi connectivity index (χ3n) is 2.98. The first-order valence-corrected chi connectivity index (χ1v) is 5.67. The highest BCUT2D eigenvalue weighted by Crippen LogP contribution is 2.17. The van der Waals surface area contributed by atoms with Crippen LogP contribution in [0.5, 0.6) is 0 Å². The van der Waals surface area contributed by atoms with E-state index in [0.29, 0.717) is 5.92 Å². The van der Waals surface area contributed by atoms with Crippen LogP contribution in [0.25, 0.3) is 0 Å². The first-order chi connectivity index (χ1) is 6.76. The van der Waals surface area contributed by atoms with Crippen molar-refractivity contribution in [3.63, 3.8) is 0 Å². The zero-order valence-electron chi connectivity index (χ0n) is 9.54. The summed E-state index contributed by atoms with van der Waals surface area (Å²) in [6.45, 7) is 7.51. The second-order valence-electron chi connectivity index (χ2n) is 4.56. The largest absolute Gasteiger partial charge is 0.384 e. The van der Waals surface area contributed by atoms with E-state index in [-0.39, 0.29) is 0 Å². The molecule has 0 amide bonds. The molecule has 1 aliphatic heterocycles. The Morgan fingerprint density at radius 3 is 3.00 bits per heavy atom. The molecule has 84 valence electrons. The van der Waals surface area contributed by atoms with Crippen molar-refractivity contribution < 1.29 is 4.74 Å². The quantitative estimate of drug-likeness (QED) is 0.718. The first kappa shape index (κ1) is 12.0. The maximum atomic E-state index is 5.63. The van der Waals surface area contributed by atoms with Gasteiger partial charge in [0.2, 0.25) is 0 Å². The normalized spacial score (nSPS) is 26.4. The van der Waals surface area contributed by atoms with E-state index >= 15 is 0 Å². The molecule has 0 spiro atoms. The zero-order valence-corrected chi connectivity index (χ0v) is 9.54. The summed E-state index contributed by atoms with van der Waals surface area (Å²) in [5, 5.41) is 0. The number of likely N-dealkylation sites (tertiary alicyclic amines) is 1. The molecule has 0 saturated carbocycles. The van der Waals surface area contributed by atoms with Crippen molar-refractivity contribution >= 4 is 0 Å². The molecular formula is C11H24N2O. The number of hydrogen-bond donors (Lipinski definition) is 1. The second kappa shape index (κ2) is 6.38. The van der Waals surface area contributed by atoms with Crippen LogP contribution >= 0.6 is 0 Å². The van der Waals surface area contributed by atoms with Crippen LogP contribution in [0.4, 0.5) is 0 Å². The van der Waals surface area contributed by atoms with Crippen LogP contribution in [0.2, 0.25) is 0 Å². The van der Waals surface area contributed by atoms with Gasteiger partial charge in [0, 0.05) is 20.2 Å². The lowest BCUT2D eigenvalue weighted by Crippen LogP contribution is -2.40. The molecule has 0 aliphatic carbocycles. The predicted molar refractivity (Wildman–Crippen MR) is 59.3 cm³/mol. The Labute approximate surface area is 87.6 Å².